The Bertz CT molecular complexity index is 1040. The van der Waals surface area contributed by atoms with Gasteiger partial charge in [-0.2, -0.15) is 0 Å². The number of benzene rings is 2. The molecule has 2 aliphatic rings. The fraction of sp³-hybridized carbons (Fsp3) is 0.576. The number of fused-ring (bicyclic) bond motifs is 3. The van der Waals surface area contributed by atoms with E-state index in [9.17, 15) is 9.59 Å². The maximum Gasteiger partial charge on any atom is 0.160 e. The third-order valence-electron chi connectivity index (χ3n) is 9.17. The number of hydrogen-bond donors (Lipinski definition) is 0. The smallest absolute Gasteiger partial charge is 0.160 e. The van der Waals surface area contributed by atoms with Crippen LogP contribution in [-0.4, -0.2) is 11.6 Å². The number of carbonyl (C=O) groups excluding carboxylic acids is 2. The van der Waals surface area contributed by atoms with Crippen LogP contribution in [0.15, 0.2) is 36.4 Å². The fourth-order valence-corrected chi connectivity index (χ4v) is 6.75. The van der Waals surface area contributed by atoms with Crippen molar-refractivity contribution in [1.29, 1.82) is 0 Å². The Balaban J connectivity index is 0.000000287. The number of hydrogen-bond acceptors (Lipinski definition) is 2. The van der Waals surface area contributed by atoms with Crippen LogP contribution in [0.5, 0.6) is 0 Å². The SMILES string of the molecule is CC(=O)c1cc2c(cc1C(C)C)CCC1C(C)(C(C)=O)CCCC21C.CCc1ccc(CC)cc1. The third kappa shape index (κ3) is 5.32. The largest absolute Gasteiger partial charge is 0.299 e. The lowest BCUT2D eigenvalue weighted by molar-refractivity contribution is -0.134. The minimum absolute atomic E-state index is 0.00592. The zero-order valence-electron chi connectivity index (χ0n) is 23.4. The van der Waals surface area contributed by atoms with Gasteiger partial charge in [0, 0.05) is 11.0 Å². The highest BCUT2D eigenvalue weighted by Gasteiger charge is 2.53. The molecule has 4 rings (SSSR count). The van der Waals surface area contributed by atoms with E-state index in [4.69, 9.17) is 0 Å². The first-order valence-electron chi connectivity index (χ1n) is 13.7. The van der Waals surface area contributed by atoms with Crippen molar-refractivity contribution in [2.24, 2.45) is 11.3 Å². The van der Waals surface area contributed by atoms with Gasteiger partial charge in [-0.05, 0) is 104 Å². The molecule has 2 aromatic rings. The van der Waals surface area contributed by atoms with Gasteiger partial charge in [0.05, 0.1) is 0 Å². The van der Waals surface area contributed by atoms with Crippen molar-refractivity contribution >= 4 is 11.6 Å². The Morgan fingerprint density at radius 2 is 1.51 bits per heavy atom. The van der Waals surface area contributed by atoms with Crippen LogP contribution in [0.3, 0.4) is 0 Å². The molecule has 2 heteroatoms. The van der Waals surface area contributed by atoms with E-state index in [1.54, 1.807) is 13.8 Å². The number of ketones is 2. The van der Waals surface area contributed by atoms with E-state index >= 15 is 0 Å². The Labute approximate surface area is 213 Å². The maximum absolute atomic E-state index is 12.5. The predicted octanol–water partition coefficient (Wildman–Crippen LogP) is 8.42. The lowest BCUT2D eigenvalue weighted by atomic mass is 9.49. The normalized spacial score (nSPS) is 25.2. The molecule has 3 atom stereocenters. The van der Waals surface area contributed by atoms with Crippen molar-refractivity contribution in [2.75, 3.05) is 0 Å². The molecule has 0 N–H and O–H groups in total. The van der Waals surface area contributed by atoms with Crippen LogP contribution in [0, 0.1) is 11.3 Å². The predicted molar refractivity (Wildman–Crippen MR) is 148 cm³/mol. The van der Waals surface area contributed by atoms with Gasteiger partial charge in [0.25, 0.3) is 0 Å². The molecule has 1 saturated carbocycles. The van der Waals surface area contributed by atoms with Crippen molar-refractivity contribution < 1.29 is 9.59 Å². The summed E-state index contributed by atoms with van der Waals surface area (Å²) in [5, 5.41) is 0. The van der Waals surface area contributed by atoms with E-state index in [-0.39, 0.29) is 16.6 Å². The molecule has 1 fully saturated rings. The summed E-state index contributed by atoms with van der Waals surface area (Å²) in [5.74, 6) is 1.21. The average Bonchev–Trinajstić information content (AvgIpc) is 2.83. The Kier molecular flexibility index (Phi) is 8.45. The topological polar surface area (TPSA) is 34.1 Å². The third-order valence-corrected chi connectivity index (χ3v) is 9.17. The van der Waals surface area contributed by atoms with Gasteiger partial charge >= 0.3 is 0 Å². The van der Waals surface area contributed by atoms with E-state index in [2.05, 4.69) is 77.9 Å². The van der Waals surface area contributed by atoms with E-state index in [1.165, 1.54) is 27.8 Å². The summed E-state index contributed by atoms with van der Waals surface area (Å²) in [7, 11) is 0. The van der Waals surface area contributed by atoms with E-state index in [1.807, 2.05) is 0 Å². The molecule has 0 bridgehead atoms. The van der Waals surface area contributed by atoms with Crippen LogP contribution < -0.4 is 0 Å². The molecular weight excluding hydrogens is 428 g/mol. The first-order chi connectivity index (χ1) is 16.5. The van der Waals surface area contributed by atoms with Gasteiger partial charge in [0.1, 0.15) is 5.78 Å². The second-order valence-corrected chi connectivity index (χ2v) is 11.7. The molecule has 0 aromatic heterocycles. The number of carbonyl (C=O) groups is 2. The monoisotopic (exact) mass is 474 g/mol. The molecule has 2 aromatic carbocycles. The molecule has 190 valence electrons. The average molecular weight is 475 g/mol. The number of rotatable bonds is 5. The van der Waals surface area contributed by atoms with Crippen LogP contribution in [0.2, 0.25) is 0 Å². The van der Waals surface area contributed by atoms with Crippen molar-refractivity contribution in [1.82, 2.24) is 0 Å². The van der Waals surface area contributed by atoms with Crippen LogP contribution in [0.25, 0.3) is 0 Å². The van der Waals surface area contributed by atoms with Crippen LogP contribution in [0.1, 0.15) is 125 Å². The minimum Gasteiger partial charge on any atom is -0.299 e. The van der Waals surface area contributed by atoms with Gasteiger partial charge in [-0.1, -0.05) is 78.3 Å². The van der Waals surface area contributed by atoms with E-state index in [0.717, 1.165) is 50.5 Å². The Morgan fingerprint density at radius 1 is 0.943 bits per heavy atom. The van der Waals surface area contributed by atoms with E-state index < -0.39 is 0 Å². The van der Waals surface area contributed by atoms with Crippen molar-refractivity contribution in [3.8, 4) is 0 Å². The molecule has 3 unspecified atom stereocenters. The van der Waals surface area contributed by atoms with Crippen molar-refractivity contribution in [3.63, 3.8) is 0 Å². The molecule has 0 amide bonds. The second-order valence-electron chi connectivity index (χ2n) is 11.7. The van der Waals surface area contributed by atoms with Crippen molar-refractivity contribution in [3.05, 3.63) is 69.8 Å². The van der Waals surface area contributed by atoms with E-state index in [0.29, 0.717) is 17.6 Å². The highest BCUT2D eigenvalue weighted by atomic mass is 16.1. The first kappa shape index (κ1) is 27.4. The standard InChI is InChI=1S/C23H32O2.C10H14/c1-14(2)18-12-17-8-9-21-22(5,16(4)25)10-7-11-23(21,6)20(17)13-19(18)15(3)24;1-3-9-5-7-10(4-2)8-6-9/h12-14,21H,7-11H2,1-6H3;5-8H,3-4H2,1-2H3. The summed E-state index contributed by atoms with van der Waals surface area (Å²) in [6, 6.07) is 13.3. The molecule has 0 saturated heterocycles. The summed E-state index contributed by atoms with van der Waals surface area (Å²) in [5.41, 5.74) is 7.44. The Morgan fingerprint density at radius 3 is 1.97 bits per heavy atom. The molecule has 35 heavy (non-hydrogen) atoms. The zero-order valence-corrected chi connectivity index (χ0v) is 23.4. The summed E-state index contributed by atoms with van der Waals surface area (Å²) in [6.07, 6.45) is 7.60. The number of Topliss-reactive ketones (excluding diaryl/α,β-unsaturated/α-hetero) is 2. The maximum atomic E-state index is 12.5. The lowest BCUT2D eigenvalue weighted by Crippen LogP contribution is -2.51. The summed E-state index contributed by atoms with van der Waals surface area (Å²) < 4.78 is 0. The summed E-state index contributed by atoms with van der Waals surface area (Å²) >= 11 is 0. The minimum atomic E-state index is -0.224. The summed E-state index contributed by atoms with van der Waals surface area (Å²) in [6.45, 7) is 16.7. The van der Waals surface area contributed by atoms with Gasteiger partial charge in [0.2, 0.25) is 0 Å². The second kappa shape index (κ2) is 10.8. The molecule has 0 aliphatic heterocycles. The molecule has 0 heterocycles. The van der Waals surface area contributed by atoms with Gasteiger partial charge in [-0.3, -0.25) is 9.59 Å². The van der Waals surface area contributed by atoms with Gasteiger partial charge in [0.15, 0.2) is 5.78 Å². The zero-order chi connectivity index (χ0) is 26.0. The molecule has 0 radical (unpaired) electrons. The molecular formula is C33H46O2. The molecule has 0 spiro atoms. The van der Waals surface area contributed by atoms with Gasteiger partial charge in [-0.15, -0.1) is 0 Å². The Hall–Kier alpha value is -2.22. The van der Waals surface area contributed by atoms with Crippen LogP contribution >= 0.6 is 0 Å². The van der Waals surface area contributed by atoms with Gasteiger partial charge in [-0.25, -0.2) is 0 Å². The first-order valence-corrected chi connectivity index (χ1v) is 13.7. The highest BCUT2D eigenvalue weighted by Crippen LogP contribution is 2.57. The fourth-order valence-electron chi connectivity index (χ4n) is 6.75. The molecule has 2 nitrogen and oxygen atoms in total. The van der Waals surface area contributed by atoms with Gasteiger partial charge < -0.3 is 0 Å². The summed E-state index contributed by atoms with van der Waals surface area (Å²) in [4.78, 5) is 24.8. The van der Waals surface area contributed by atoms with Crippen LogP contribution in [-0.2, 0) is 29.5 Å². The highest BCUT2D eigenvalue weighted by molar-refractivity contribution is 5.96. The quantitative estimate of drug-likeness (QED) is 0.408. The number of aryl methyl sites for hydroxylation is 3. The lowest BCUT2D eigenvalue weighted by Gasteiger charge is -2.54. The van der Waals surface area contributed by atoms with Crippen molar-refractivity contribution in [2.45, 2.75) is 112 Å². The molecule has 2 aliphatic carbocycles. The van der Waals surface area contributed by atoms with Crippen LogP contribution in [0.4, 0.5) is 0 Å².